The van der Waals surface area contributed by atoms with Crippen LogP contribution in [0.1, 0.15) is 6.92 Å². The second-order valence-electron chi connectivity index (χ2n) is 3.79. The van der Waals surface area contributed by atoms with Crippen molar-refractivity contribution in [2.75, 3.05) is 0 Å². The SMILES string of the molecule is CC(Oc1ccccc1-c1cncnc1)C(N)=O. The maximum absolute atomic E-state index is 11.0. The summed E-state index contributed by atoms with van der Waals surface area (Å²) in [6, 6.07) is 7.37. The molecule has 2 rings (SSSR count). The van der Waals surface area contributed by atoms with Crippen LogP contribution in [-0.2, 0) is 4.79 Å². The molecule has 0 saturated heterocycles. The fourth-order valence-corrected chi connectivity index (χ4v) is 1.49. The zero-order valence-corrected chi connectivity index (χ0v) is 9.91. The lowest BCUT2D eigenvalue weighted by Gasteiger charge is -2.14. The highest BCUT2D eigenvalue weighted by atomic mass is 16.5. The first-order valence-electron chi connectivity index (χ1n) is 5.49. The number of carbonyl (C=O) groups is 1. The van der Waals surface area contributed by atoms with Gasteiger partial charge in [-0.3, -0.25) is 4.79 Å². The Labute approximate surface area is 105 Å². The highest BCUT2D eigenvalue weighted by Gasteiger charge is 2.13. The van der Waals surface area contributed by atoms with E-state index >= 15 is 0 Å². The molecule has 2 aromatic rings. The smallest absolute Gasteiger partial charge is 0.258 e. The standard InChI is InChI=1S/C13H13N3O2/c1-9(13(14)17)18-12-5-3-2-4-11(12)10-6-15-8-16-7-10/h2-9H,1H3,(H2,14,17). The third-order valence-electron chi connectivity index (χ3n) is 2.46. The van der Waals surface area contributed by atoms with Gasteiger partial charge in [-0.2, -0.15) is 0 Å². The lowest BCUT2D eigenvalue weighted by Crippen LogP contribution is -2.30. The second kappa shape index (κ2) is 5.27. The van der Waals surface area contributed by atoms with Crippen LogP contribution < -0.4 is 10.5 Å². The molecule has 18 heavy (non-hydrogen) atoms. The Bertz CT molecular complexity index is 543. The summed E-state index contributed by atoms with van der Waals surface area (Å²) in [5, 5.41) is 0. The van der Waals surface area contributed by atoms with Crippen molar-refractivity contribution in [2.45, 2.75) is 13.0 Å². The molecule has 0 aliphatic rings. The number of rotatable bonds is 4. The Morgan fingerprint density at radius 3 is 2.61 bits per heavy atom. The highest BCUT2D eigenvalue weighted by Crippen LogP contribution is 2.29. The number of nitrogens with zero attached hydrogens (tertiary/aromatic N) is 2. The molecule has 0 radical (unpaired) electrons. The summed E-state index contributed by atoms with van der Waals surface area (Å²) in [5.74, 6) is 0.0766. The van der Waals surface area contributed by atoms with Crippen LogP contribution in [0.25, 0.3) is 11.1 Å². The predicted molar refractivity (Wildman–Crippen MR) is 66.8 cm³/mol. The molecule has 1 aromatic carbocycles. The minimum atomic E-state index is -0.684. The largest absolute Gasteiger partial charge is 0.480 e. The molecular weight excluding hydrogens is 230 g/mol. The van der Waals surface area contributed by atoms with E-state index in [4.69, 9.17) is 10.5 Å². The molecule has 0 aliphatic heterocycles. The van der Waals surface area contributed by atoms with Crippen LogP contribution in [0.2, 0.25) is 0 Å². The molecule has 5 heteroatoms. The number of ether oxygens (including phenoxy) is 1. The summed E-state index contributed by atoms with van der Waals surface area (Å²) >= 11 is 0. The van der Waals surface area contributed by atoms with E-state index in [-0.39, 0.29) is 0 Å². The number of hydrogen-bond donors (Lipinski definition) is 1. The van der Waals surface area contributed by atoms with Gasteiger partial charge in [-0.15, -0.1) is 0 Å². The summed E-state index contributed by atoms with van der Waals surface area (Å²) in [6.45, 7) is 1.61. The normalized spacial score (nSPS) is 11.8. The molecule has 0 fully saturated rings. The van der Waals surface area contributed by atoms with E-state index in [0.717, 1.165) is 11.1 Å². The lowest BCUT2D eigenvalue weighted by atomic mass is 10.1. The minimum absolute atomic E-state index is 0.505. The number of primary amides is 1. The third-order valence-corrected chi connectivity index (χ3v) is 2.46. The number of hydrogen-bond acceptors (Lipinski definition) is 4. The van der Waals surface area contributed by atoms with Crippen molar-refractivity contribution in [2.24, 2.45) is 5.73 Å². The number of carbonyl (C=O) groups excluding carboxylic acids is 1. The Kier molecular flexibility index (Phi) is 3.52. The van der Waals surface area contributed by atoms with Crippen LogP contribution in [0.3, 0.4) is 0 Å². The van der Waals surface area contributed by atoms with Gasteiger partial charge >= 0.3 is 0 Å². The molecule has 1 heterocycles. The van der Waals surface area contributed by atoms with Gasteiger partial charge in [-0.25, -0.2) is 9.97 Å². The average molecular weight is 243 g/mol. The fraction of sp³-hybridized carbons (Fsp3) is 0.154. The molecule has 5 nitrogen and oxygen atoms in total. The van der Waals surface area contributed by atoms with Crippen LogP contribution in [-0.4, -0.2) is 22.0 Å². The maximum atomic E-state index is 11.0. The molecule has 0 saturated carbocycles. The van der Waals surface area contributed by atoms with E-state index in [0.29, 0.717) is 5.75 Å². The number of benzene rings is 1. The van der Waals surface area contributed by atoms with E-state index in [9.17, 15) is 4.79 Å². The first-order valence-corrected chi connectivity index (χ1v) is 5.49. The molecule has 1 amide bonds. The molecule has 0 spiro atoms. The van der Waals surface area contributed by atoms with E-state index in [1.807, 2.05) is 18.2 Å². The summed E-state index contributed by atoms with van der Waals surface area (Å²) < 4.78 is 5.53. The molecular formula is C13H13N3O2. The number of amides is 1. The van der Waals surface area contributed by atoms with Crippen LogP contribution in [0, 0.1) is 0 Å². The van der Waals surface area contributed by atoms with Crippen molar-refractivity contribution in [1.29, 1.82) is 0 Å². The predicted octanol–water partition coefficient (Wildman–Crippen LogP) is 1.40. The average Bonchev–Trinajstić information content (AvgIpc) is 2.40. The fourth-order valence-electron chi connectivity index (χ4n) is 1.49. The number of nitrogens with two attached hydrogens (primary N) is 1. The zero-order chi connectivity index (χ0) is 13.0. The Morgan fingerprint density at radius 2 is 1.94 bits per heavy atom. The molecule has 0 bridgehead atoms. The van der Waals surface area contributed by atoms with Crippen LogP contribution in [0.15, 0.2) is 43.0 Å². The summed E-state index contributed by atoms with van der Waals surface area (Å²) in [5.41, 5.74) is 6.83. The quantitative estimate of drug-likeness (QED) is 0.880. The second-order valence-corrected chi connectivity index (χ2v) is 3.79. The van der Waals surface area contributed by atoms with Gasteiger partial charge < -0.3 is 10.5 Å². The topological polar surface area (TPSA) is 78.1 Å². The monoisotopic (exact) mass is 243 g/mol. The van der Waals surface area contributed by atoms with Gasteiger partial charge in [0, 0.05) is 23.5 Å². The molecule has 2 N–H and O–H groups in total. The van der Waals surface area contributed by atoms with Crippen molar-refractivity contribution >= 4 is 5.91 Å². The minimum Gasteiger partial charge on any atom is -0.480 e. The van der Waals surface area contributed by atoms with E-state index in [1.54, 1.807) is 25.4 Å². The van der Waals surface area contributed by atoms with Crippen molar-refractivity contribution in [3.05, 3.63) is 43.0 Å². The van der Waals surface area contributed by atoms with Gasteiger partial charge in [0.15, 0.2) is 6.10 Å². The van der Waals surface area contributed by atoms with Gasteiger partial charge in [0.1, 0.15) is 12.1 Å². The van der Waals surface area contributed by atoms with Crippen molar-refractivity contribution in [3.8, 4) is 16.9 Å². The van der Waals surface area contributed by atoms with Gasteiger partial charge in [0.05, 0.1) is 0 Å². The molecule has 0 aliphatic carbocycles. The third kappa shape index (κ3) is 2.63. The molecule has 1 aromatic heterocycles. The van der Waals surface area contributed by atoms with E-state index in [1.165, 1.54) is 6.33 Å². The summed E-state index contributed by atoms with van der Waals surface area (Å²) in [4.78, 5) is 18.9. The number of para-hydroxylation sites is 1. The van der Waals surface area contributed by atoms with Crippen LogP contribution in [0.5, 0.6) is 5.75 Å². The van der Waals surface area contributed by atoms with Gasteiger partial charge in [0.25, 0.3) is 5.91 Å². The van der Waals surface area contributed by atoms with Crippen LogP contribution in [0.4, 0.5) is 0 Å². The Hall–Kier alpha value is -2.43. The van der Waals surface area contributed by atoms with Crippen molar-refractivity contribution in [1.82, 2.24) is 9.97 Å². The molecule has 1 atom stereocenters. The van der Waals surface area contributed by atoms with Crippen molar-refractivity contribution < 1.29 is 9.53 Å². The molecule has 92 valence electrons. The van der Waals surface area contributed by atoms with E-state index < -0.39 is 12.0 Å². The summed E-state index contributed by atoms with van der Waals surface area (Å²) in [7, 11) is 0. The molecule has 1 unspecified atom stereocenters. The van der Waals surface area contributed by atoms with E-state index in [2.05, 4.69) is 9.97 Å². The van der Waals surface area contributed by atoms with Crippen LogP contribution >= 0.6 is 0 Å². The maximum Gasteiger partial charge on any atom is 0.258 e. The Morgan fingerprint density at radius 1 is 1.28 bits per heavy atom. The first kappa shape index (κ1) is 12.0. The number of aromatic nitrogens is 2. The first-order chi connectivity index (χ1) is 8.68. The Balaban J connectivity index is 2.35. The summed E-state index contributed by atoms with van der Waals surface area (Å²) in [6.07, 6.45) is 4.14. The highest BCUT2D eigenvalue weighted by molar-refractivity contribution is 5.79. The van der Waals surface area contributed by atoms with Gasteiger partial charge in [-0.1, -0.05) is 18.2 Å². The zero-order valence-electron chi connectivity index (χ0n) is 9.91. The van der Waals surface area contributed by atoms with Gasteiger partial charge in [0.2, 0.25) is 0 Å². The lowest BCUT2D eigenvalue weighted by molar-refractivity contribution is -0.123. The van der Waals surface area contributed by atoms with Crippen molar-refractivity contribution in [3.63, 3.8) is 0 Å². The van der Waals surface area contributed by atoms with Gasteiger partial charge in [-0.05, 0) is 13.0 Å².